The summed E-state index contributed by atoms with van der Waals surface area (Å²) in [5, 5.41) is 35.3. The topological polar surface area (TPSA) is 69.9 Å². The Morgan fingerprint density at radius 1 is 0.909 bits per heavy atom. The number of aliphatic hydroxyl groups excluding tert-OH is 3. The van der Waals surface area contributed by atoms with Crippen molar-refractivity contribution < 1.29 is 19.7 Å². The monoisotopic (exact) mass is 466 g/mol. The van der Waals surface area contributed by atoms with E-state index >= 15 is 0 Å². The number of fused-ring (bicyclic) bond motifs is 1. The molecule has 5 atom stereocenters. The van der Waals surface area contributed by atoms with Crippen molar-refractivity contribution in [3.05, 3.63) is 60.7 Å². The third-order valence-corrected chi connectivity index (χ3v) is 14.7. The fourth-order valence-corrected chi connectivity index (χ4v) is 12.9. The van der Waals surface area contributed by atoms with Crippen LogP contribution in [0.25, 0.3) is 0 Å². The van der Waals surface area contributed by atoms with Gasteiger partial charge >= 0.3 is 0 Å². The second-order valence-corrected chi connectivity index (χ2v) is 16.0. The number of aliphatic hydroxyl groups is 3. The van der Waals surface area contributed by atoms with Crippen molar-refractivity contribution >= 4 is 18.7 Å². The molecule has 5 heteroatoms. The van der Waals surface area contributed by atoms with Gasteiger partial charge in [0.1, 0.15) is 0 Å². The molecule has 4 nitrogen and oxygen atoms in total. The summed E-state index contributed by atoms with van der Waals surface area (Å²) in [4.78, 5) is 0. The molecule has 0 amide bonds. The van der Waals surface area contributed by atoms with Gasteiger partial charge in [0, 0.05) is 22.9 Å². The van der Waals surface area contributed by atoms with E-state index in [-0.39, 0.29) is 17.1 Å². The zero-order valence-electron chi connectivity index (χ0n) is 20.1. The molecule has 4 aliphatic carbocycles. The predicted molar refractivity (Wildman–Crippen MR) is 133 cm³/mol. The minimum Gasteiger partial charge on any atom is -0.407 e. The van der Waals surface area contributed by atoms with E-state index in [9.17, 15) is 15.3 Å². The zero-order valence-corrected chi connectivity index (χ0v) is 21.1. The molecule has 0 unspecified atom stereocenters. The lowest BCUT2D eigenvalue weighted by Gasteiger charge is -2.70. The van der Waals surface area contributed by atoms with Crippen molar-refractivity contribution in [3.8, 4) is 0 Å². The van der Waals surface area contributed by atoms with Gasteiger partial charge in [-0.3, -0.25) is 0 Å². The van der Waals surface area contributed by atoms with Crippen LogP contribution in [0.4, 0.5) is 0 Å². The Labute approximate surface area is 198 Å². The maximum absolute atomic E-state index is 11.3. The molecule has 178 valence electrons. The van der Waals surface area contributed by atoms with E-state index in [1.807, 2.05) is 12.1 Å². The average Bonchev–Trinajstić information content (AvgIpc) is 3.19. The van der Waals surface area contributed by atoms with Gasteiger partial charge in [0.05, 0.1) is 18.8 Å². The Bertz CT molecular complexity index is 950. The van der Waals surface area contributed by atoms with Crippen LogP contribution in [0.2, 0.25) is 5.04 Å². The van der Waals surface area contributed by atoms with E-state index in [2.05, 4.69) is 69.3 Å². The summed E-state index contributed by atoms with van der Waals surface area (Å²) >= 11 is 0. The third kappa shape index (κ3) is 2.72. The molecule has 0 aliphatic heterocycles. The molecule has 6 rings (SSSR count). The van der Waals surface area contributed by atoms with Crippen molar-refractivity contribution in [3.63, 3.8) is 0 Å². The number of hydrogen-bond donors (Lipinski definition) is 3. The zero-order chi connectivity index (χ0) is 23.5. The van der Waals surface area contributed by atoms with Crippen molar-refractivity contribution in [1.29, 1.82) is 0 Å². The van der Waals surface area contributed by atoms with E-state index in [1.54, 1.807) is 0 Å². The second kappa shape index (κ2) is 7.75. The van der Waals surface area contributed by atoms with Crippen LogP contribution in [0, 0.1) is 16.2 Å². The molecule has 33 heavy (non-hydrogen) atoms. The Balaban J connectivity index is 1.64. The maximum Gasteiger partial charge on any atom is 0.261 e. The van der Waals surface area contributed by atoms with Crippen molar-refractivity contribution in [1.82, 2.24) is 0 Å². The molecule has 2 aromatic carbocycles. The maximum atomic E-state index is 11.3. The van der Waals surface area contributed by atoms with Crippen LogP contribution >= 0.6 is 0 Å². The summed E-state index contributed by atoms with van der Waals surface area (Å²) in [6, 6.07) is 21.2. The van der Waals surface area contributed by atoms with Crippen LogP contribution < -0.4 is 10.4 Å². The van der Waals surface area contributed by atoms with Gasteiger partial charge < -0.3 is 19.7 Å². The molecule has 1 spiro atoms. The summed E-state index contributed by atoms with van der Waals surface area (Å²) in [5.41, 5.74) is -1.61. The largest absolute Gasteiger partial charge is 0.407 e. The summed E-state index contributed by atoms with van der Waals surface area (Å²) in [7, 11) is -2.75. The Morgan fingerprint density at radius 2 is 1.45 bits per heavy atom. The molecule has 2 aromatic rings. The first-order valence-electron chi connectivity index (χ1n) is 12.4. The summed E-state index contributed by atoms with van der Waals surface area (Å²) in [6.45, 7) is 7.18. The summed E-state index contributed by atoms with van der Waals surface area (Å²) < 4.78 is 7.34. The number of rotatable bonds is 6. The SMILES string of the molecule is CC(C)(C)[Si](OC[C@@]12CCCC[C@]13[C@H](O)[C@@]2(CO)C[C@@H]3O)(c1ccccc1)c1ccccc1. The molecule has 4 saturated carbocycles. The lowest BCUT2D eigenvalue weighted by molar-refractivity contribution is -0.311. The molecule has 4 fully saturated rings. The van der Waals surface area contributed by atoms with Gasteiger partial charge in [-0.2, -0.15) is 0 Å². The number of hydrogen-bond acceptors (Lipinski definition) is 4. The van der Waals surface area contributed by atoms with Crippen LogP contribution in [-0.4, -0.2) is 49.1 Å². The number of benzene rings is 2. The molecule has 0 saturated heterocycles. The molecule has 4 aliphatic rings. The van der Waals surface area contributed by atoms with Crippen molar-refractivity contribution in [2.45, 2.75) is 70.1 Å². The van der Waals surface area contributed by atoms with Crippen LogP contribution in [0.3, 0.4) is 0 Å². The van der Waals surface area contributed by atoms with Gasteiger partial charge in [-0.1, -0.05) is 94.3 Å². The Hall–Kier alpha value is -1.50. The van der Waals surface area contributed by atoms with Crippen LogP contribution in [-0.2, 0) is 4.43 Å². The Kier molecular flexibility index (Phi) is 5.46. The molecular weight excluding hydrogens is 428 g/mol. The molecule has 0 heterocycles. The average molecular weight is 467 g/mol. The highest BCUT2D eigenvalue weighted by molar-refractivity contribution is 6.99. The minimum atomic E-state index is -2.75. The van der Waals surface area contributed by atoms with E-state index in [4.69, 9.17) is 4.43 Å². The highest BCUT2D eigenvalue weighted by Gasteiger charge is 2.86. The molecular formula is C28H38O4Si. The van der Waals surface area contributed by atoms with E-state index in [0.717, 1.165) is 25.7 Å². The Morgan fingerprint density at radius 3 is 1.97 bits per heavy atom. The predicted octanol–water partition coefficient (Wildman–Crippen LogP) is 3.23. The van der Waals surface area contributed by atoms with Gasteiger partial charge in [-0.25, -0.2) is 0 Å². The minimum absolute atomic E-state index is 0.100. The van der Waals surface area contributed by atoms with Crippen LogP contribution in [0.15, 0.2) is 60.7 Å². The standard InChI is InChI=1S/C28H38O4Si/c1-25(2,3)33(21-12-6-4-7-13-21,22-14-8-5-9-15-22)32-20-27-16-10-11-17-28(27)23(30)18-26(27,19-29)24(28)31/h4-9,12-15,23-24,29-31H,10-11,16-20H2,1-3H3/t23-,24+,26-,27+,28-/m0/s1. The van der Waals surface area contributed by atoms with E-state index < -0.39 is 31.4 Å². The highest BCUT2D eigenvalue weighted by atomic mass is 28.4. The third-order valence-electron chi connectivity index (χ3n) is 9.69. The first kappa shape index (κ1) is 23.2. The quantitative estimate of drug-likeness (QED) is 0.572. The first-order valence-corrected chi connectivity index (χ1v) is 14.3. The fourth-order valence-electron chi connectivity index (χ4n) is 8.25. The van der Waals surface area contributed by atoms with Crippen molar-refractivity contribution in [2.75, 3.05) is 13.2 Å². The smallest absolute Gasteiger partial charge is 0.261 e. The highest BCUT2D eigenvalue weighted by Crippen LogP contribution is 2.82. The second-order valence-electron chi connectivity index (χ2n) is 11.7. The molecule has 2 bridgehead atoms. The summed E-state index contributed by atoms with van der Waals surface area (Å²) in [5.74, 6) is 0. The molecule has 3 N–H and O–H groups in total. The fraction of sp³-hybridized carbons (Fsp3) is 0.571. The van der Waals surface area contributed by atoms with Gasteiger partial charge in [0.2, 0.25) is 0 Å². The summed E-state index contributed by atoms with van der Waals surface area (Å²) in [6.07, 6.45) is 2.98. The first-order chi connectivity index (χ1) is 15.7. The van der Waals surface area contributed by atoms with E-state index in [0.29, 0.717) is 13.0 Å². The van der Waals surface area contributed by atoms with Gasteiger partial charge in [0.25, 0.3) is 8.32 Å². The lowest BCUT2D eigenvalue weighted by atomic mass is 9.36. The lowest BCUT2D eigenvalue weighted by Crippen LogP contribution is -2.77. The van der Waals surface area contributed by atoms with Gasteiger partial charge in [-0.05, 0) is 34.7 Å². The van der Waals surface area contributed by atoms with Crippen LogP contribution in [0.1, 0.15) is 52.9 Å². The molecule has 0 radical (unpaired) electrons. The molecule has 0 aromatic heterocycles. The van der Waals surface area contributed by atoms with Gasteiger partial charge in [-0.15, -0.1) is 0 Å². The van der Waals surface area contributed by atoms with E-state index in [1.165, 1.54) is 10.4 Å². The van der Waals surface area contributed by atoms with Gasteiger partial charge in [0.15, 0.2) is 0 Å². The normalized spacial score (nSPS) is 35.7. The van der Waals surface area contributed by atoms with Crippen LogP contribution in [0.5, 0.6) is 0 Å². The van der Waals surface area contributed by atoms with Crippen molar-refractivity contribution in [2.24, 2.45) is 16.2 Å².